The fraction of sp³-hybridized carbons (Fsp3) is 0.606. The monoisotopic (exact) mass is 503 g/mol. The van der Waals surface area contributed by atoms with Crippen molar-refractivity contribution in [2.45, 2.75) is 102 Å². The predicted octanol–water partition coefficient (Wildman–Crippen LogP) is 6.12. The highest BCUT2D eigenvalue weighted by Gasteiger charge is 2.52. The Balaban J connectivity index is 1.29. The number of nitrogens with zero attached hydrogens (tertiary/aromatic N) is 1. The van der Waals surface area contributed by atoms with Crippen molar-refractivity contribution in [3.8, 4) is 0 Å². The second-order valence-corrected chi connectivity index (χ2v) is 12.7. The fourth-order valence-corrected chi connectivity index (χ4v) is 7.85. The Morgan fingerprint density at radius 3 is 2.65 bits per heavy atom. The molecule has 1 aromatic rings. The molecule has 200 valence electrons. The smallest absolute Gasteiger partial charge is 0.0832 e. The van der Waals surface area contributed by atoms with Crippen molar-refractivity contribution in [3.05, 3.63) is 77.2 Å². The van der Waals surface area contributed by atoms with Crippen molar-refractivity contribution in [1.82, 2.24) is 4.98 Å². The van der Waals surface area contributed by atoms with Crippen LogP contribution in [0.3, 0.4) is 0 Å². The summed E-state index contributed by atoms with van der Waals surface area (Å²) in [5.41, 5.74) is 5.55. The van der Waals surface area contributed by atoms with Crippen LogP contribution in [0.25, 0.3) is 0 Å². The van der Waals surface area contributed by atoms with E-state index >= 15 is 0 Å². The number of rotatable bonds is 6. The number of fused-ring (bicyclic) bond motifs is 1. The summed E-state index contributed by atoms with van der Waals surface area (Å²) in [6, 6.07) is 4.15. The van der Waals surface area contributed by atoms with Crippen molar-refractivity contribution < 1.29 is 15.3 Å². The van der Waals surface area contributed by atoms with Crippen molar-refractivity contribution >= 4 is 0 Å². The highest BCUT2D eigenvalue weighted by Crippen LogP contribution is 2.59. The van der Waals surface area contributed by atoms with E-state index in [2.05, 4.69) is 62.7 Å². The van der Waals surface area contributed by atoms with Gasteiger partial charge in [-0.15, -0.1) is 0 Å². The number of hydrogen-bond acceptors (Lipinski definition) is 4. The zero-order valence-corrected chi connectivity index (χ0v) is 22.9. The Labute approximate surface area is 222 Å². The molecular formula is C33H45NO3. The van der Waals surface area contributed by atoms with Crippen molar-refractivity contribution in [1.29, 1.82) is 0 Å². The molecule has 1 heterocycles. The van der Waals surface area contributed by atoms with Gasteiger partial charge in [-0.1, -0.05) is 50.3 Å². The summed E-state index contributed by atoms with van der Waals surface area (Å²) >= 11 is 0. The van der Waals surface area contributed by atoms with Gasteiger partial charge in [0.25, 0.3) is 0 Å². The van der Waals surface area contributed by atoms with Gasteiger partial charge in [0.1, 0.15) is 0 Å². The SMILES string of the molecule is C=C1C(=CC=C2CCC[C@]3(C)[C@@H]([C@H](C)C=C[C@@H](O)C4(c5cc(C)ccn5)CC4)CC[C@@H]23)C[C@@H](O)C[C@@H]1O. The summed E-state index contributed by atoms with van der Waals surface area (Å²) in [7, 11) is 0. The molecule has 4 fully saturated rings. The van der Waals surface area contributed by atoms with E-state index in [-0.39, 0.29) is 10.8 Å². The van der Waals surface area contributed by atoms with Crippen molar-refractivity contribution in [3.63, 3.8) is 0 Å². The van der Waals surface area contributed by atoms with Crippen LogP contribution >= 0.6 is 0 Å². The lowest BCUT2D eigenvalue weighted by atomic mass is 9.61. The first kappa shape index (κ1) is 26.6. The first-order chi connectivity index (χ1) is 17.6. The molecule has 4 aliphatic carbocycles. The molecule has 0 aliphatic heterocycles. The third kappa shape index (κ3) is 5.05. The fourth-order valence-electron chi connectivity index (χ4n) is 7.85. The lowest BCUT2D eigenvalue weighted by Crippen LogP contribution is -2.35. The summed E-state index contributed by atoms with van der Waals surface area (Å²) in [5.74, 6) is 1.58. The summed E-state index contributed by atoms with van der Waals surface area (Å²) in [5, 5.41) is 31.5. The van der Waals surface area contributed by atoms with E-state index in [0.29, 0.717) is 30.6 Å². The second kappa shape index (κ2) is 10.3. The van der Waals surface area contributed by atoms with E-state index in [1.807, 2.05) is 12.3 Å². The van der Waals surface area contributed by atoms with Crippen LogP contribution < -0.4 is 0 Å². The molecule has 0 aromatic carbocycles. The number of aromatic nitrogens is 1. The Morgan fingerprint density at radius 2 is 1.92 bits per heavy atom. The summed E-state index contributed by atoms with van der Waals surface area (Å²) in [6.07, 6.45) is 18.0. The maximum atomic E-state index is 11.2. The molecule has 4 aliphatic rings. The van der Waals surface area contributed by atoms with Gasteiger partial charge in [-0.25, -0.2) is 0 Å². The van der Waals surface area contributed by atoms with Gasteiger partial charge < -0.3 is 15.3 Å². The van der Waals surface area contributed by atoms with Crippen LogP contribution in [0.4, 0.5) is 0 Å². The van der Waals surface area contributed by atoms with Crippen LogP contribution in [-0.2, 0) is 5.41 Å². The molecule has 3 N–H and O–H groups in total. The minimum absolute atomic E-state index is 0.205. The first-order valence-electron chi connectivity index (χ1n) is 14.4. The summed E-state index contributed by atoms with van der Waals surface area (Å²) in [4.78, 5) is 4.60. The Morgan fingerprint density at radius 1 is 1.14 bits per heavy atom. The van der Waals surface area contributed by atoms with Gasteiger partial charge in [0.05, 0.1) is 18.3 Å². The topological polar surface area (TPSA) is 73.6 Å². The maximum absolute atomic E-state index is 11.2. The molecule has 37 heavy (non-hydrogen) atoms. The first-order valence-corrected chi connectivity index (χ1v) is 14.4. The standard InChI is InChI=1S/C33H45NO3/c1-21-13-17-34-30(18-21)33(15-16-33)31(37)12-7-22(2)27-10-11-28-24(6-5-14-32(27,28)4)8-9-25-19-26(35)20-29(36)23(25)3/h7-9,12-13,17-18,22,26-29,31,35-37H,3,5-6,10-11,14-16,19-20H2,1-2,4H3/t22-,26-,27-,28+,29+,31-,32-/m1/s1. The van der Waals surface area contributed by atoms with Crippen molar-refractivity contribution in [2.24, 2.45) is 23.2 Å². The molecule has 4 nitrogen and oxygen atoms in total. The Hall–Kier alpha value is -2.01. The largest absolute Gasteiger partial charge is 0.393 e. The molecule has 7 atom stereocenters. The zero-order chi connectivity index (χ0) is 26.4. The minimum atomic E-state index is -0.639. The number of aryl methyl sites for hydroxylation is 1. The predicted molar refractivity (Wildman–Crippen MR) is 149 cm³/mol. The van der Waals surface area contributed by atoms with Gasteiger partial charge in [0.2, 0.25) is 0 Å². The van der Waals surface area contributed by atoms with Crippen LogP contribution in [0.2, 0.25) is 0 Å². The molecule has 4 saturated carbocycles. The summed E-state index contributed by atoms with van der Waals surface area (Å²) in [6.45, 7) is 11.0. The molecule has 0 amide bonds. The average molecular weight is 504 g/mol. The van der Waals surface area contributed by atoms with E-state index in [1.54, 1.807) is 0 Å². The lowest BCUT2D eigenvalue weighted by Gasteiger charge is -2.44. The van der Waals surface area contributed by atoms with Gasteiger partial charge in [-0.2, -0.15) is 0 Å². The Bertz CT molecular complexity index is 1110. The van der Waals surface area contributed by atoms with Crippen LogP contribution in [0, 0.1) is 30.1 Å². The summed E-state index contributed by atoms with van der Waals surface area (Å²) < 4.78 is 0. The van der Waals surface area contributed by atoms with Gasteiger partial charge in [-0.05, 0) is 110 Å². The highest BCUT2D eigenvalue weighted by molar-refractivity contribution is 5.39. The average Bonchev–Trinajstić information content (AvgIpc) is 3.60. The van der Waals surface area contributed by atoms with E-state index in [1.165, 1.54) is 36.8 Å². The quantitative estimate of drug-likeness (QED) is 0.409. The van der Waals surface area contributed by atoms with Gasteiger partial charge >= 0.3 is 0 Å². The molecule has 0 saturated heterocycles. The van der Waals surface area contributed by atoms with Crippen LogP contribution in [-0.4, -0.2) is 38.6 Å². The lowest BCUT2D eigenvalue weighted by molar-refractivity contribution is 0.0862. The molecule has 4 heteroatoms. The third-order valence-electron chi connectivity index (χ3n) is 10.3. The third-order valence-corrected chi connectivity index (χ3v) is 10.3. The van der Waals surface area contributed by atoms with E-state index in [4.69, 9.17) is 0 Å². The van der Waals surface area contributed by atoms with Gasteiger partial charge in [0, 0.05) is 23.7 Å². The zero-order valence-electron chi connectivity index (χ0n) is 22.9. The number of allylic oxidation sites excluding steroid dienone is 4. The molecule has 0 unspecified atom stereocenters. The normalized spacial score (nSPS) is 37.2. The molecule has 0 bridgehead atoms. The van der Waals surface area contributed by atoms with E-state index in [0.717, 1.165) is 36.1 Å². The second-order valence-electron chi connectivity index (χ2n) is 12.7. The van der Waals surface area contributed by atoms with Crippen LogP contribution in [0.1, 0.15) is 82.9 Å². The Kier molecular flexibility index (Phi) is 7.39. The van der Waals surface area contributed by atoms with E-state index in [9.17, 15) is 15.3 Å². The molecule has 0 radical (unpaired) electrons. The van der Waals surface area contributed by atoms with Gasteiger partial charge in [-0.3, -0.25) is 4.98 Å². The van der Waals surface area contributed by atoms with E-state index < -0.39 is 18.3 Å². The van der Waals surface area contributed by atoms with Crippen LogP contribution in [0.15, 0.2) is 65.9 Å². The number of aliphatic hydroxyl groups is 3. The number of aliphatic hydroxyl groups excluding tert-OH is 3. The minimum Gasteiger partial charge on any atom is -0.393 e. The molecular weight excluding hydrogens is 458 g/mol. The molecule has 5 rings (SSSR count). The number of hydrogen-bond donors (Lipinski definition) is 3. The number of pyridine rings is 1. The molecule has 0 spiro atoms. The molecule has 1 aromatic heterocycles. The van der Waals surface area contributed by atoms with Gasteiger partial charge in [0.15, 0.2) is 0 Å². The highest BCUT2D eigenvalue weighted by atomic mass is 16.3. The van der Waals surface area contributed by atoms with Crippen LogP contribution in [0.5, 0.6) is 0 Å². The van der Waals surface area contributed by atoms with Crippen molar-refractivity contribution in [2.75, 3.05) is 0 Å². The maximum Gasteiger partial charge on any atom is 0.0832 e.